The summed E-state index contributed by atoms with van der Waals surface area (Å²) in [4.78, 5) is 3.93. The van der Waals surface area contributed by atoms with Crippen LogP contribution in [0.1, 0.15) is 31.2 Å². The van der Waals surface area contributed by atoms with Gasteiger partial charge in [0, 0.05) is 6.42 Å². The molecule has 0 unspecified atom stereocenters. The van der Waals surface area contributed by atoms with Crippen LogP contribution in [-0.2, 0) is 13.0 Å². The van der Waals surface area contributed by atoms with Gasteiger partial charge in [-0.05, 0) is 18.3 Å². The van der Waals surface area contributed by atoms with Gasteiger partial charge < -0.3 is 9.52 Å². The molecule has 2 rings (SSSR count). The molecule has 66 valence electrons. The monoisotopic (exact) mass is 167 g/mol. The van der Waals surface area contributed by atoms with Crippen LogP contribution in [0.25, 0.3) is 0 Å². The smallest absolute Gasteiger partial charge is 0.181 e. The zero-order valence-electron chi connectivity index (χ0n) is 7.21. The molecule has 0 radical (unpaired) electrons. The zero-order valence-corrected chi connectivity index (χ0v) is 7.21. The van der Waals surface area contributed by atoms with Crippen LogP contribution in [0.5, 0.6) is 0 Å². The normalized spacial score (nSPS) is 19.5. The Morgan fingerprint density at radius 1 is 1.67 bits per heavy atom. The van der Waals surface area contributed by atoms with Crippen molar-refractivity contribution < 1.29 is 9.52 Å². The first-order valence-corrected chi connectivity index (χ1v) is 4.26. The Morgan fingerprint density at radius 3 is 3.00 bits per heavy atom. The van der Waals surface area contributed by atoms with E-state index in [4.69, 9.17) is 9.52 Å². The van der Waals surface area contributed by atoms with Crippen molar-refractivity contribution in [1.29, 1.82) is 0 Å². The summed E-state index contributed by atoms with van der Waals surface area (Å²) >= 11 is 0. The summed E-state index contributed by atoms with van der Waals surface area (Å²) in [5.41, 5.74) is 1.12. The van der Waals surface area contributed by atoms with E-state index < -0.39 is 0 Å². The third-order valence-corrected chi connectivity index (χ3v) is 2.57. The van der Waals surface area contributed by atoms with Gasteiger partial charge in [-0.2, -0.15) is 0 Å². The number of aliphatic hydroxyl groups excluding tert-OH is 1. The topological polar surface area (TPSA) is 46.3 Å². The molecule has 1 aromatic rings. The average molecular weight is 167 g/mol. The van der Waals surface area contributed by atoms with Crippen LogP contribution in [0, 0.1) is 5.41 Å². The van der Waals surface area contributed by atoms with Gasteiger partial charge in [-0.15, -0.1) is 0 Å². The van der Waals surface area contributed by atoms with Crippen molar-refractivity contribution in [2.24, 2.45) is 5.41 Å². The maximum Gasteiger partial charge on any atom is 0.181 e. The quantitative estimate of drug-likeness (QED) is 0.742. The van der Waals surface area contributed by atoms with Crippen molar-refractivity contribution in [1.82, 2.24) is 4.98 Å². The maximum absolute atomic E-state index is 8.90. The minimum absolute atomic E-state index is 0.0120. The van der Waals surface area contributed by atoms with Gasteiger partial charge in [0.25, 0.3) is 0 Å². The standard InChI is InChI=1S/C9H13NO2/c1-9(2-3-9)4-8-7(5-11)10-6-12-8/h6,11H,2-5H2,1H3. The third-order valence-electron chi connectivity index (χ3n) is 2.57. The SMILES string of the molecule is CC1(Cc2ocnc2CO)CC1. The maximum atomic E-state index is 8.90. The summed E-state index contributed by atoms with van der Waals surface area (Å²) in [6.45, 7) is 2.22. The average Bonchev–Trinajstić information content (AvgIpc) is 2.64. The molecular weight excluding hydrogens is 154 g/mol. The van der Waals surface area contributed by atoms with E-state index in [1.165, 1.54) is 19.2 Å². The summed E-state index contributed by atoms with van der Waals surface area (Å²) in [5, 5.41) is 8.90. The molecule has 12 heavy (non-hydrogen) atoms. The van der Waals surface area contributed by atoms with Crippen LogP contribution in [0.4, 0.5) is 0 Å². The predicted molar refractivity (Wildman–Crippen MR) is 43.5 cm³/mol. The summed E-state index contributed by atoms with van der Waals surface area (Å²) in [6, 6.07) is 0. The molecule has 0 aromatic carbocycles. The minimum Gasteiger partial charge on any atom is -0.448 e. The number of aliphatic hydroxyl groups is 1. The van der Waals surface area contributed by atoms with Gasteiger partial charge in [-0.25, -0.2) is 4.98 Å². The molecule has 1 aliphatic rings. The van der Waals surface area contributed by atoms with Gasteiger partial charge >= 0.3 is 0 Å². The van der Waals surface area contributed by atoms with Crippen molar-refractivity contribution in [2.45, 2.75) is 32.8 Å². The van der Waals surface area contributed by atoms with Gasteiger partial charge in [0.1, 0.15) is 11.5 Å². The molecule has 0 spiro atoms. The molecule has 1 heterocycles. The van der Waals surface area contributed by atoms with Gasteiger partial charge in [-0.3, -0.25) is 0 Å². The zero-order chi connectivity index (χ0) is 8.60. The van der Waals surface area contributed by atoms with E-state index in [0.717, 1.165) is 12.2 Å². The Bertz CT molecular complexity index is 276. The molecule has 0 atom stereocenters. The van der Waals surface area contributed by atoms with E-state index in [1.54, 1.807) is 0 Å². The van der Waals surface area contributed by atoms with E-state index in [2.05, 4.69) is 11.9 Å². The van der Waals surface area contributed by atoms with Crippen LogP contribution in [-0.4, -0.2) is 10.1 Å². The second kappa shape index (κ2) is 2.59. The Balaban J connectivity index is 2.11. The summed E-state index contributed by atoms with van der Waals surface area (Å²) in [6.07, 6.45) is 4.85. The van der Waals surface area contributed by atoms with E-state index >= 15 is 0 Å². The van der Waals surface area contributed by atoms with Gasteiger partial charge in [-0.1, -0.05) is 6.92 Å². The second-order valence-corrected chi connectivity index (χ2v) is 3.87. The molecular formula is C9H13NO2. The summed E-state index contributed by atoms with van der Waals surface area (Å²) in [5.74, 6) is 0.859. The molecule has 1 aromatic heterocycles. The number of hydrogen-bond donors (Lipinski definition) is 1. The number of aromatic nitrogens is 1. The molecule has 0 aliphatic heterocycles. The Morgan fingerprint density at radius 2 is 2.42 bits per heavy atom. The molecule has 1 saturated carbocycles. The van der Waals surface area contributed by atoms with Crippen molar-refractivity contribution >= 4 is 0 Å². The Kier molecular flexibility index (Phi) is 1.68. The minimum atomic E-state index is -0.0120. The van der Waals surface area contributed by atoms with Crippen LogP contribution >= 0.6 is 0 Å². The third kappa shape index (κ3) is 1.37. The summed E-state index contributed by atoms with van der Waals surface area (Å²) < 4.78 is 5.20. The van der Waals surface area contributed by atoms with Crippen LogP contribution in [0.2, 0.25) is 0 Å². The first-order valence-electron chi connectivity index (χ1n) is 4.26. The number of rotatable bonds is 3. The molecule has 1 aliphatic carbocycles. The van der Waals surface area contributed by atoms with Gasteiger partial charge in [0.15, 0.2) is 6.39 Å². The lowest BCUT2D eigenvalue weighted by atomic mass is 10.0. The fourth-order valence-electron chi connectivity index (χ4n) is 1.34. The second-order valence-electron chi connectivity index (χ2n) is 3.87. The first-order chi connectivity index (χ1) is 5.73. The van der Waals surface area contributed by atoms with Crippen LogP contribution < -0.4 is 0 Å². The first kappa shape index (κ1) is 7.80. The van der Waals surface area contributed by atoms with E-state index in [9.17, 15) is 0 Å². The molecule has 3 nitrogen and oxygen atoms in total. The van der Waals surface area contributed by atoms with Crippen LogP contribution in [0.3, 0.4) is 0 Å². The predicted octanol–water partition coefficient (Wildman–Crippen LogP) is 1.51. The van der Waals surface area contributed by atoms with Crippen molar-refractivity contribution in [2.75, 3.05) is 0 Å². The Labute approximate surface area is 71.4 Å². The molecule has 0 bridgehead atoms. The lowest BCUT2D eigenvalue weighted by molar-refractivity contribution is 0.273. The Hall–Kier alpha value is -0.830. The van der Waals surface area contributed by atoms with E-state index in [-0.39, 0.29) is 6.61 Å². The number of nitrogens with zero attached hydrogens (tertiary/aromatic N) is 1. The fraction of sp³-hybridized carbons (Fsp3) is 0.667. The van der Waals surface area contributed by atoms with Crippen molar-refractivity contribution in [3.05, 3.63) is 17.8 Å². The van der Waals surface area contributed by atoms with Crippen molar-refractivity contribution in [3.8, 4) is 0 Å². The van der Waals surface area contributed by atoms with Crippen molar-refractivity contribution in [3.63, 3.8) is 0 Å². The molecule has 0 amide bonds. The largest absolute Gasteiger partial charge is 0.448 e. The van der Waals surface area contributed by atoms with Gasteiger partial charge in [0.2, 0.25) is 0 Å². The van der Waals surface area contributed by atoms with Gasteiger partial charge in [0.05, 0.1) is 6.61 Å². The highest BCUT2D eigenvalue weighted by molar-refractivity contribution is 5.10. The molecule has 1 fully saturated rings. The van der Waals surface area contributed by atoms with E-state index in [1.807, 2.05) is 0 Å². The lowest BCUT2D eigenvalue weighted by Crippen LogP contribution is -2.00. The lowest BCUT2D eigenvalue weighted by Gasteiger charge is -2.04. The number of hydrogen-bond acceptors (Lipinski definition) is 3. The number of oxazole rings is 1. The highest BCUT2D eigenvalue weighted by Gasteiger charge is 2.38. The fourth-order valence-corrected chi connectivity index (χ4v) is 1.34. The molecule has 1 N–H and O–H groups in total. The molecule has 3 heteroatoms. The summed E-state index contributed by atoms with van der Waals surface area (Å²) in [7, 11) is 0. The highest BCUT2D eigenvalue weighted by atomic mass is 16.3. The van der Waals surface area contributed by atoms with Crippen LogP contribution in [0.15, 0.2) is 10.8 Å². The van der Waals surface area contributed by atoms with E-state index in [0.29, 0.717) is 11.1 Å². The molecule has 0 saturated heterocycles. The highest BCUT2D eigenvalue weighted by Crippen LogP contribution is 2.47.